The molecule has 0 bridgehead atoms. The quantitative estimate of drug-likeness (QED) is 0.801. The lowest BCUT2D eigenvalue weighted by atomic mass is 9.91. The molecular weight excluding hydrogens is 304 g/mol. The maximum absolute atomic E-state index is 5.57. The van der Waals surface area contributed by atoms with Crippen LogP contribution >= 0.6 is 12.6 Å². The number of nitrogens with zero attached hydrogens (tertiary/aromatic N) is 2. The molecule has 0 N–H and O–H groups in total. The lowest BCUT2D eigenvalue weighted by Gasteiger charge is -2.27. The van der Waals surface area contributed by atoms with Crippen molar-refractivity contribution in [2.24, 2.45) is 0 Å². The molecule has 2 heterocycles. The summed E-state index contributed by atoms with van der Waals surface area (Å²) < 4.78 is 7.97. The van der Waals surface area contributed by atoms with Gasteiger partial charge in [0.2, 0.25) is 0 Å². The molecule has 1 aliphatic heterocycles. The molecule has 2 aromatic rings. The molecule has 0 spiro atoms. The molecule has 0 aliphatic carbocycles. The molecule has 0 amide bonds. The van der Waals surface area contributed by atoms with Crippen molar-refractivity contribution in [2.75, 3.05) is 26.2 Å². The summed E-state index contributed by atoms with van der Waals surface area (Å²) in [6.45, 7) is 9.68. The highest BCUT2D eigenvalue weighted by Gasteiger charge is 2.21. The van der Waals surface area contributed by atoms with Gasteiger partial charge in [-0.1, -0.05) is 26.0 Å². The first-order chi connectivity index (χ1) is 11.2. The van der Waals surface area contributed by atoms with Crippen LogP contribution in [0.15, 0.2) is 30.5 Å². The van der Waals surface area contributed by atoms with Crippen molar-refractivity contribution >= 4 is 23.5 Å². The van der Waals surface area contributed by atoms with Crippen LogP contribution < -0.4 is 0 Å². The lowest BCUT2D eigenvalue weighted by molar-refractivity contribution is 0.0632. The minimum absolute atomic E-state index is 0.0823. The molecule has 1 aliphatic rings. The monoisotopic (exact) mass is 332 g/mol. The lowest BCUT2D eigenvalue weighted by Crippen LogP contribution is -2.26. The molecule has 1 fully saturated rings. The highest BCUT2D eigenvalue weighted by Crippen LogP contribution is 2.33. The van der Waals surface area contributed by atoms with Crippen LogP contribution in [-0.4, -0.2) is 41.1 Å². The molecule has 1 aromatic carbocycles. The number of rotatable bonds is 6. The molecule has 1 aromatic heterocycles. The van der Waals surface area contributed by atoms with E-state index in [1.54, 1.807) is 0 Å². The van der Waals surface area contributed by atoms with Gasteiger partial charge in [-0.3, -0.25) is 0 Å². The number of hydrogen-bond acceptors (Lipinski definition) is 3. The van der Waals surface area contributed by atoms with Gasteiger partial charge >= 0.3 is 0 Å². The Morgan fingerprint density at radius 2 is 2.09 bits per heavy atom. The molecule has 4 heteroatoms. The van der Waals surface area contributed by atoms with Crippen molar-refractivity contribution in [3.63, 3.8) is 0 Å². The van der Waals surface area contributed by atoms with E-state index >= 15 is 0 Å². The van der Waals surface area contributed by atoms with Gasteiger partial charge in [-0.2, -0.15) is 0 Å². The van der Waals surface area contributed by atoms with Crippen LogP contribution in [0.1, 0.15) is 38.2 Å². The second kappa shape index (κ2) is 7.73. The topological polar surface area (TPSA) is 17.4 Å². The van der Waals surface area contributed by atoms with Crippen LogP contribution in [0.25, 0.3) is 10.9 Å². The zero-order valence-corrected chi connectivity index (χ0v) is 15.1. The predicted molar refractivity (Wildman–Crippen MR) is 100 cm³/mol. The van der Waals surface area contributed by atoms with Crippen molar-refractivity contribution < 1.29 is 4.74 Å². The number of fused-ring (bicyclic) bond motifs is 1. The van der Waals surface area contributed by atoms with E-state index in [1.807, 2.05) is 0 Å². The molecule has 2 atom stereocenters. The minimum Gasteiger partial charge on any atom is -0.368 e. The van der Waals surface area contributed by atoms with Crippen LogP contribution in [0.4, 0.5) is 0 Å². The molecule has 1 saturated heterocycles. The summed E-state index contributed by atoms with van der Waals surface area (Å²) in [6.07, 6.45) is 4.33. The van der Waals surface area contributed by atoms with Crippen LogP contribution in [0, 0.1) is 0 Å². The standard InChI is InChI=1S/C19H28N2OS/c1-3-20(4-2)10-11-21-9-7-15-5-6-16(13-18(15)21)17-8-12-22-19(23)14-17/h5-7,9,13,17,19,23H,3-4,8,10-12,14H2,1-2H3. The number of likely N-dealkylation sites (N-methyl/N-ethyl adjacent to an activating group) is 1. The van der Waals surface area contributed by atoms with Crippen molar-refractivity contribution in [3.05, 3.63) is 36.0 Å². The normalized spacial score (nSPS) is 22.1. The third-order valence-corrected chi connectivity index (χ3v) is 5.44. The summed E-state index contributed by atoms with van der Waals surface area (Å²) in [5, 5.41) is 1.34. The van der Waals surface area contributed by atoms with E-state index in [0.717, 1.165) is 45.6 Å². The largest absolute Gasteiger partial charge is 0.368 e. The van der Waals surface area contributed by atoms with Gasteiger partial charge in [0.1, 0.15) is 5.44 Å². The first kappa shape index (κ1) is 16.9. The fraction of sp³-hybridized carbons (Fsp3) is 0.579. The molecule has 0 radical (unpaired) electrons. The Labute approximate surface area is 145 Å². The van der Waals surface area contributed by atoms with Gasteiger partial charge in [-0.15, -0.1) is 12.6 Å². The SMILES string of the molecule is CCN(CC)CCn1ccc2ccc(C3CCOC(S)C3)cc21. The summed E-state index contributed by atoms with van der Waals surface area (Å²) in [6, 6.07) is 9.16. The van der Waals surface area contributed by atoms with Crippen LogP contribution in [0.2, 0.25) is 0 Å². The van der Waals surface area contributed by atoms with E-state index in [1.165, 1.54) is 16.5 Å². The average molecular weight is 333 g/mol. The van der Waals surface area contributed by atoms with Gasteiger partial charge in [-0.25, -0.2) is 0 Å². The molecule has 23 heavy (non-hydrogen) atoms. The van der Waals surface area contributed by atoms with Gasteiger partial charge in [0.25, 0.3) is 0 Å². The van der Waals surface area contributed by atoms with Gasteiger partial charge in [0.15, 0.2) is 0 Å². The van der Waals surface area contributed by atoms with E-state index in [9.17, 15) is 0 Å². The smallest absolute Gasteiger partial charge is 0.100 e. The van der Waals surface area contributed by atoms with Crippen LogP contribution in [0.3, 0.4) is 0 Å². The number of ether oxygens (including phenoxy) is 1. The number of aromatic nitrogens is 1. The van der Waals surface area contributed by atoms with Crippen LogP contribution in [-0.2, 0) is 11.3 Å². The first-order valence-electron chi connectivity index (χ1n) is 8.82. The van der Waals surface area contributed by atoms with Crippen LogP contribution in [0.5, 0.6) is 0 Å². The second-order valence-corrected chi connectivity index (χ2v) is 6.98. The highest BCUT2D eigenvalue weighted by molar-refractivity contribution is 7.80. The molecule has 0 saturated carbocycles. The molecule has 3 rings (SSSR count). The fourth-order valence-corrected chi connectivity index (χ4v) is 3.88. The number of thiol groups is 1. The van der Waals surface area contributed by atoms with Gasteiger partial charge in [0, 0.05) is 31.4 Å². The Morgan fingerprint density at radius 1 is 1.26 bits per heavy atom. The zero-order chi connectivity index (χ0) is 16.2. The zero-order valence-electron chi connectivity index (χ0n) is 14.2. The summed E-state index contributed by atoms with van der Waals surface area (Å²) in [5.74, 6) is 0.571. The molecular formula is C19H28N2OS. The maximum atomic E-state index is 5.57. The first-order valence-corrected chi connectivity index (χ1v) is 9.33. The predicted octanol–water partition coefficient (Wildman–Crippen LogP) is 4.13. The summed E-state index contributed by atoms with van der Waals surface area (Å²) in [5.41, 5.74) is 2.87. The second-order valence-electron chi connectivity index (χ2n) is 6.40. The van der Waals surface area contributed by atoms with Crippen molar-refractivity contribution in [1.29, 1.82) is 0 Å². The van der Waals surface area contributed by atoms with E-state index < -0.39 is 0 Å². The van der Waals surface area contributed by atoms with Gasteiger partial charge < -0.3 is 14.2 Å². The number of benzene rings is 1. The van der Waals surface area contributed by atoms with Gasteiger partial charge in [-0.05, 0) is 54.9 Å². The minimum atomic E-state index is 0.0823. The Kier molecular flexibility index (Phi) is 5.67. The molecule has 2 unspecified atom stereocenters. The van der Waals surface area contributed by atoms with E-state index in [4.69, 9.17) is 4.74 Å². The van der Waals surface area contributed by atoms with Crippen molar-refractivity contribution in [1.82, 2.24) is 9.47 Å². The fourth-order valence-electron chi connectivity index (χ4n) is 3.52. The Morgan fingerprint density at radius 3 is 2.83 bits per heavy atom. The third-order valence-electron chi connectivity index (χ3n) is 5.08. The van der Waals surface area contributed by atoms with Gasteiger partial charge in [0.05, 0.1) is 0 Å². The maximum Gasteiger partial charge on any atom is 0.100 e. The Bertz CT molecular complexity index is 635. The average Bonchev–Trinajstić information content (AvgIpc) is 2.98. The summed E-state index contributed by atoms with van der Waals surface area (Å²) in [7, 11) is 0. The van der Waals surface area contributed by atoms with Crippen molar-refractivity contribution in [2.45, 2.75) is 44.6 Å². The Hall–Kier alpha value is -0.970. The van der Waals surface area contributed by atoms with E-state index in [-0.39, 0.29) is 5.44 Å². The highest BCUT2D eigenvalue weighted by atomic mass is 32.1. The van der Waals surface area contributed by atoms with Crippen molar-refractivity contribution in [3.8, 4) is 0 Å². The summed E-state index contributed by atoms with van der Waals surface area (Å²) in [4.78, 5) is 2.47. The van der Waals surface area contributed by atoms with E-state index in [2.05, 4.69) is 66.4 Å². The Balaban J connectivity index is 1.79. The van der Waals surface area contributed by atoms with E-state index in [0.29, 0.717) is 5.92 Å². The number of hydrogen-bond donors (Lipinski definition) is 1. The third kappa shape index (κ3) is 3.93. The molecule has 3 nitrogen and oxygen atoms in total. The summed E-state index contributed by atoms with van der Waals surface area (Å²) >= 11 is 4.50. The molecule has 126 valence electrons.